The van der Waals surface area contributed by atoms with Gasteiger partial charge < -0.3 is 15.1 Å². The second-order valence-electron chi connectivity index (χ2n) is 6.24. The Morgan fingerprint density at radius 2 is 1.81 bits per heavy atom. The number of carbonyl (C=O) groups excluding carboxylic acids is 2. The first kappa shape index (κ1) is 17.9. The standard InChI is InChI=1S/C20H20N2O3S/c1-12(2)14-7-4-6-13(3)18(14)22-20(24)16-9-10-17(26-16)21-19(23)15-8-5-11-25-15/h4-12H,1-3H3,(H,21,23)(H,22,24). The molecular formula is C20H20N2O3S. The number of benzene rings is 1. The van der Waals surface area contributed by atoms with Crippen LogP contribution in [0.4, 0.5) is 10.7 Å². The van der Waals surface area contributed by atoms with Crippen LogP contribution in [0.5, 0.6) is 0 Å². The molecule has 0 saturated carbocycles. The van der Waals surface area contributed by atoms with Crippen LogP contribution in [0.25, 0.3) is 0 Å². The number of rotatable bonds is 5. The number of hydrogen-bond donors (Lipinski definition) is 2. The molecule has 0 spiro atoms. The molecule has 0 unspecified atom stereocenters. The van der Waals surface area contributed by atoms with E-state index in [2.05, 4.69) is 24.5 Å². The van der Waals surface area contributed by atoms with Crippen LogP contribution in [0.1, 0.15) is 51.1 Å². The van der Waals surface area contributed by atoms with E-state index < -0.39 is 0 Å². The summed E-state index contributed by atoms with van der Waals surface area (Å²) in [6.45, 7) is 6.17. The average molecular weight is 368 g/mol. The molecule has 3 aromatic rings. The summed E-state index contributed by atoms with van der Waals surface area (Å²) in [5, 5.41) is 6.33. The van der Waals surface area contributed by atoms with Crippen LogP contribution in [0.15, 0.2) is 53.1 Å². The van der Waals surface area contributed by atoms with Crippen molar-refractivity contribution < 1.29 is 14.0 Å². The molecule has 6 heteroatoms. The Morgan fingerprint density at radius 3 is 2.50 bits per heavy atom. The predicted molar refractivity (Wildman–Crippen MR) is 104 cm³/mol. The Hall–Kier alpha value is -2.86. The van der Waals surface area contributed by atoms with Gasteiger partial charge in [-0.15, -0.1) is 11.3 Å². The third kappa shape index (κ3) is 3.86. The lowest BCUT2D eigenvalue weighted by Gasteiger charge is -2.16. The molecule has 0 fully saturated rings. The number of furan rings is 1. The third-order valence-corrected chi connectivity index (χ3v) is 4.98. The summed E-state index contributed by atoms with van der Waals surface area (Å²) < 4.78 is 5.06. The highest BCUT2D eigenvalue weighted by atomic mass is 32.1. The molecular weight excluding hydrogens is 348 g/mol. The molecule has 1 aromatic carbocycles. The Bertz CT molecular complexity index is 926. The van der Waals surface area contributed by atoms with Gasteiger partial charge in [0.05, 0.1) is 16.1 Å². The van der Waals surface area contributed by atoms with Crippen LogP contribution >= 0.6 is 11.3 Å². The van der Waals surface area contributed by atoms with Gasteiger partial charge in [0, 0.05) is 5.69 Å². The first-order valence-corrected chi connectivity index (χ1v) is 9.13. The fraction of sp³-hybridized carbons (Fsp3) is 0.200. The second kappa shape index (κ2) is 7.58. The minimum Gasteiger partial charge on any atom is -0.459 e. The lowest BCUT2D eigenvalue weighted by molar-refractivity contribution is 0.0995. The van der Waals surface area contributed by atoms with Crippen LogP contribution in [0.2, 0.25) is 0 Å². The van der Waals surface area contributed by atoms with E-state index in [0.717, 1.165) is 16.8 Å². The number of anilines is 2. The number of aryl methyl sites for hydroxylation is 1. The molecule has 0 atom stereocenters. The van der Waals surface area contributed by atoms with Crippen LogP contribution < -0.4 is 10.6 Å². The van der Waals surface area contributed by atoms with Crippen molar-refractivity contribution in [2.45, 2.75) is 26.7 Å². The molecule has 0 bridgehead atoms. The van der Waals surface area contributed by atoms with Crippen molar-refractivity contribution in [3.63, 3.8) is 0 Å². The highest BCUT2D eigenvalue weighted by Crippen LogP contribution is 2.29. The van der Waals surface area contributed by atoms with E-state index in [1.807, 2.05) is 25.1 Å². The number of carbonyl (C=O) groups is 2. The van der Waals surface area contributed by atoms with Gasteiger partial charge >= 0.3 is 0 Å². The van der Waals surface area contributed by atoms with Gasteiger partial charge in [-0.25, -0.2) is 0 Å². The minimum absolute atomic E-state index is 0.190. The van der Waals surface area contributed by atoms with Crippen LogP contribution in [0.3, 0.4) is 0 Å². The molecule has 0 aliphatic rings. The van der Waals surface area contributed by atoms with Crippen LogP contribution in [-0.2, 0) is 0 Å². The molecule has 2 heterocycles. The molecule has 3 rings (SSSR count). The van der Waals surface area contributed by atoms with E-state index in [1.54, 1.807) is 24.3 Å². The van der Waals surface area contributed by atoms with E-state index in [1.165, 1.54) is 17.6 Å². The van der Waals surface area contributed by atoms with Gasteiger partial charge in [-0.3, -0.25) is 9.59 Å². The maximum absolute atomic E-state index is 12.6. The first-order chi connectivity index (χ1) is 12.5. The molecule has 2 aromatic heterocycles. The Balaban J connectivity index is 1.74. The lowest BCUT2D eigenvalue weighted by Crippen LogP contribution is -2.13. The van der Waals surface area contributed by atoms with E-state index >= 15 is 0 Å². The zero-order chi connectivity index (χ0) is 18.7. The summed E-state index contributed by atoms with van der Waals surface area (Å²) in [4.78, 5) is 25.2. The first-order valence-electron chi connectivity index (χ1n) is 8.31. The topological polar surface area (TPSA) is 71.3 Å². The Labute approximate surface area is 156 Å². The summed E-state index contributed by atoms with van der Waals surface area (Å²) in [6, 6.07) is 12.6. The number of amides is 2. The zero-order valence-corrected chi connectivity index (χ0v) is 15.6. The number of thiophene rings is 1. The molecule has 26 heavy (non-hydrogen) atoms. The second-order valence-corrected chi connectivity index (χ2v) is 7.33. The van der Waals surface area contributed by atoms with Crippen molar-refractivity contribution >= 4 is 33.8 Å². The highest BCUT2D eigenvalue weighted by molar-refractivity contribution is 7.18. The zero-order valence-electron chi connectivity index (χ0n) is 14.8. The van der Waals surface area contributed by atoms with Gasteiger partial charge in [0.15, 0.2) is 5.76 Å². The molecule has 5 nitrogen and oxygen atoms in total. The summed E-state index contributed by atoms with van der Waals surface area (Å²) in [6.07, 6.45) is 1.44. The normalized spacial score (nSPS) is 10.8. The maximum atomic E-state index is 12.6. The van der Waals surface area contributed by atoms with Crippen molar-refractivity contribution in [1.82, 2.24) is 0 Å². The number of nitrogens with one attached hydrogen (secondary N) is 2. The molecule has 0 radical (unpaired) electrons. The SMILES string of the molecule is Cc1cccc(C(C)C)c1NC(=O)c1ccc(NC(=O)c2ccco2)s1. The predicted octanol–water partition coefficient (Wildman–Crippen LogP) is 5.28. The van der Waals surface area contributed by atoms with E-state index in [4.69, 9.17) is 4.42 Å². The number of para-hydroxylation sites is 1. The summed E-state index contributed by atoms with van der Waals surface area (Å²) in [5.41, 5.74) is 2.97. The van der Waals surface area contributed by atoms with E-state index in [-0.39, 0.29) is 17.6 Å². The van der Waals surface area contributed by atoms with Gasteiger partial charge in [0.2, 0.25) is 0 Å². The fourth-order valence-corrected chi connectivity index (χ4v) is 3.42. The summed E-state index contributed by atoms with van der Waals surface area (Å²) >= 11 is 1.22. The van der Waals surface area contributed by atoms with Crippen molar-refractivity contribution in [2.75, 3.05) is 10.6 Å². The third-order valence-electron chi connectivity index (χ3n) is 3.98. The lowest BCUT2D eigenvalue weighted by atomic mass is 9.98. The molecule has 134 valence electrons. The Kier molecular flexibility index (Phi) is 5.23. The van der Waals surface area contributed by atoms with Gasteiger partial charge in [-0.05, 0) is 48.2 Å². The average Bonchev–Trinajstić information content (AvgIpc) is 3.28. The van der Waals surface area contributed by atoms with Crippen molar-refractivity contribution in [3.05, 3.63) is 70.5 Å². The number of hydrogen-bond acceptors (Lipinski definition) is 4. The summed E-state index contributed by atoms with van der Waals surface area (Å²) in [7, 11) is 0. The highest BCUT2D eigenvalue weighted by Gasteiger charge is 2.16. The van der Waals surface area contributed by atoms with E-state index in [0.29, 0.717) is 15.8 Å². The van der Waals surface area contributed by atoms with Gasteiger partial charge in [-0.1, -0.05) is 32.0 Å². The molecule has 2 N–H and O–H groups in total. The smallest absolute Gasteiger partial charge is 0.291 e. The minimum atomic E-state index is -0.343. The van der Waals surface area contributed by atoms with Crippen molar-refractivity contribution in [2.24, 2.45) is 0 Å². The van der Waals surface area contributed by atoms with Crippen LogP contribution in [0, 0.1) is 6.92 Å². The van der Waals surface area contributed by atoms with Crippen LogP contribution in [-0.4, -0.2) is 11.8 Å². The maximum Gasteiger partial charge on any atom is 0.291 e. The van der Waals surface area contributed by atoms with Gasteiger partial charge in [-0.2, -0.15) is 0 Å². The monoisotopic (exact) mass is 368 g/mol. The quantitative estimate of drug-likeness (QED) is 0.644. The molecule has 0 aliphatic heterocycles. The van der Waals surface area contributed by atoms with E-state index in [9.17, 15) is 9.59 Å². The Morgan fingerprint density at radius 1 is 1.00 bits per heavy atom. The van der Waals surface area contributed by atoms with Crippen molar-refractivity contribution in [3.8, 4) is 0 Å². The molecule has 2 amide bonds. The summed E-state index contributed by atoms with van der Waals surface area (Å²) in [5.74, 6) is -0.00271. The fourth-order valence-electron chi connectivity index (χ4n) is 2.63. The molecule has 0 saturated heterocycles. The van der Waals surface area contributed by atoms with Gasteiger partial charge in [0.25, 0.3) is 11.8 Å². The largest absolute Gasteiger partial charge is 0.459 e. The molecule has 0 aliphatic carbocycles. The van der Waals surface area contributed by atoms with Crippen molar-refractivity contribution in [1.29, 1.82) is 0 Å². The van der Waals surface area contributed by atoms with Gasteiger partial charge in [0.1, 0.15) is 0 Å².